The summed E-state index contributed by atoms with van der Waals surface area (Å²) in [6, 6.07) is 7.70. The van der Waals surface area contributed by atoms with Crippen LogP contribution in [0.4, 0.5) is 5.69 Å². The van der Waals surface area contributed by atoms with E-state index in [-0.39, 0.29) is 11.9 Å². The van der Waals surface area contributed by atoms with Crippen LogP contribution in [-0.4, -0.2) is 50.9 Å². The quantitative estimate of drug-likeness (QED) is 0.857. The van der Waals surface area contributed by atoms with Crippen LogP contribution in [-0.2, 0) is 4.79 Å². The molecule has 0 saturated heterocycles. The summed E-state index contributed by atoms with van der Waals surface area (Å²) in [5.74, 6) is 0.0900. The van der Waals surface area contributed by atoms with E-state index in [0.29, 0.717) is 0 Å². The van der Waals surface area contributed by atoms with Crippen molar-refractivity contribution in [2.45, 2.75) is 6.04 Å². The number of nitrogens with one attached hydrogen (secondary N) is 1. The van der Waals surface area contributed by atoms with Gasteiger partial charge in [0.05, 0.1) is 0 Å². The molecule has 4 nitrogen and oxygen atoms in total. The molecule has 1 amide bonds. The molecule has 1 aromatic rings. The van der Waals surface area contributed by atoms with Gasteiger partial charge in [-0.25, -0.2) is 0 Å². The van der Waals surface area contributed by atoms with E-state index in [0.717, 1.165) is 11.3 Å². The fourth-order valence-electron chi connectivity index (χ4n) is 1.74. The molecule has 0 aromatic heterocycles. The highest BCUT2D eigenvalue weighted by Crippen LogP contribution is 2.21. The van der Waals surface area contributed by atoms with E-state index in [1.54, 1.807) is 19.0 Å². The average molecular weight is 235 g/mol. The first-order chi connectivity index (χ1) is 7.97. The molecule has 1 aromatic carbocycles. The fourth-order valence-corrected chi connectivity index (χ4v) is 1.74. The molecule has 1 atom stereocenters. The van der Waals surface area contributed by atoms with E-state index in [1.165, 1.54) is 0 Å². The van der Waals surface area contributed by atoms with Gasteiger partial charge in [0.25, 0.3) is 0 Å². The molecule has 0 heterocycles. The molecule has 0 aliphatic carbocycles. The first-order valence-corrected chi connectivity index (χ1v) is 5.62. The van der Waals surface area contributed by atoms with Crippen molar-refractivity contribution in [2.75, 3.05) is 40.6 Å². The van der Waals surface area contributed by atoms with Crippen molar-refractivity contribution < 1.29 is 4.79 Å². The average Bonchev–Trinajstić information content (AvgIpc) is 2.29. The summed E-state index contributed by atoms with van der Waals surface area (Å²) in [5, 5.41) is 3.07. The Morgan fingerprint density at radius 1 is 1.12 bits per heavy atom. The number of carbonyl (C=O) groups is 1. The topological polar surface area (TPSA) is 35.6 Å². The van der Waals surface area contributed by atoms with Crippen molar-refractivity contribution in [3.05, 3.63) is 29.8 Å². The van der Waals surface area contributed by atoms with Crippen LogP contribution in [0.3, 0.4) is 0 Å². The van der Waals surface area contributed by atoms with Crippen LogP contribution >= 0.6 is 0 Å². The Kier molecular flexibility index (Phi) is 4.52. The number of amides is 1. The second-order valence-corrected chi connectivity index (χ2v) is 4.47. The van der Waals surface area contributed by atoms with E-state index >= 15 is 0 Å². The van der Waals surface area contributed by atoms with Crippen LogP contribution in [0.5, 0.6) is 0 Å². The van der Waals surface area contributed by atoms with Gasteiger partial charge >= 0.3 is 0 Å². The predicted octanol–water partition coefficient (Wildman–Crippen LogP) is 1.42. The Balaban J connectivity index is 3.01. The molecule has 94 valence electrons. The Morgan fingerprint density at radius 3 is 2.00 bits per heavy atom. The maximum atomic E-state index is 12.1. The number of hydrogen-bond donors (Lipinski definition) is 1. The van der Waals surface area contributed by atoms with Crippen molar-refractivity contribution >= 4 is 11.6 Å². The van der Waals surface area contributed by atoms with Crippen molar-refractivity contribution in [1.82, 2.24) is 9.80 Å². The van der Waals surface area contributed by atoms with Crippen LogP contribution in [0.1, 0.15) is 11.6 Å². The molecular formula is C13H21N3O. The monoisotopic (exact) mass is 235 g/mol. The minimum absolute atomic E-state index is 0.0900. The molecule has 17 heavy (non-hydrogen) atoms. The summed E-state index contributed by atoms with van der Waals surface area (Å²) in [6.45, 7) is 0. The van der Waals surface area contributed by atoms with Crippen LogP contribution in [0.25, 0.3) is 0 Å². The van der Waals surface area contributed by atoms with Gasteiger partial charge in [-0.2, -0.15) is 0 Å². The lowest BCUT2D eigenvalue weighted by molar-refractivity contribution is -0.133. The summed E-state index contributed by atoms with van der Waals surface area (Å²) < 4.78 is 0. The molecule has 0 radical (unpaired) electrons. The van der Waals surface area contributed by atoms with E-state index in [2.05, 4.69) is 5.32 Å². The number of carbonyl (C=O) groups excluding carboxylic acids is 1. The lowest BCUT2D eigenvalue weighted by Gasteiger charge is -2.26. The zero-order valence-corrected chi connectivity index (χ0v) is 11.2. The molecule has 0 fully saturated rings. The number of hydrogen-bond acceptors (Lipinski definition) is 3. The number of rotatable bonds is 4. The summed E-state index contributed by atoms with van der Waals surface area (Å²) >= 11 is 0. The first kappa shape index (κ1) is 13.5. The Bertz CT molecular complexity index is 371. The van der Waals surface area contributed by atoms with Crippen molar-refractivity contribution in [3.63, 3.8) is 0 Å². The lowest BCUT2D eigenvalue weighted by Crippen LogP contribution is -2.36. The molecule has 0 bridgehead atoms. The van der Waals surface area contributed by atoms with Crippen LogP contribution in [0.2, 0.25) is 0 Å². The number of likely N-dealkylation sites (N-methyl/N-ethyl adjacent to an activating group) is 2. The first-order valence-electron chi connectivity index (χ1n) is 5.62. The number of nitrogens with zero attached hydrogens (tertiary/aromatic N) is 2. The summed E-state index contributed by atoms with van der Waals surface area (Å²) in [7, 11) is 9.26. The summed E-state index contributed by atoms with van der Waals surface area (Å²) in [6.07, 6.45) is 0. The van der Waals surface area contributed by atoms with Gasteiger partial charge in [-0.3, -0.25) is 9.69 Å². The molecule has 0 saturated carbocycles. The molecule has 1 N–H and O–H groups in total. The number of benzene rings is 1. The minimum Gasteiger partial charge on any atom is -0.388 e. The van der Waals surface area contributed by atoms with Gasteiger partial charge in [0.15, 0.2) is 0 Å². The second kappa shape index (κ2) is 5.68. The van der Waals surface area contributed by atoms with Crippen LogP contribution in [0.15, 0.2) is 24.3 Å². The van der Waals surface area contributed by atoms with E-state index in [4.69, 9.17) is 0 Å². The van der Waals surface area contributed by atoms with Crippen LogP contribution < -0.4 is 5.32 Å². The SMILES string of the molecule is CNc1ccc(C(C(=O)N(C)C)N(C)C)cc1. The van der Waals surface area contributed by atoms with Gasteiger partial charge in [0.1, 0.15) is 6.04 Å². The van der Waals surface area contributed by atoms with E-state index < -0.39 is 0 Å². The second-order valence-electron chi connectivity index (χ2n) is 4.47. The third-order valence-electron chi connectivity index (χ3n) is 2.71. The molecule has 4 heteroatoms. The van der Waals surface area contributed by atoms with Gasteiger partial charge in [-0.1, -0.05) is 12.1 Å². The maximum Gasteiger partial charge on any atom is 0.243 e. The third kappa shape index (κ3) is 3.20. The van der Waals surface area contributed by atoms with Crippen LogP contribution in [0, 0.1) is 0 Å². The highest BCUT2D eigenvalue weighted by Gasteiger charge is 2.24. The maximum absolute atomic E-state index is 12.1. The highest BCUT2D eigenvalue weighted by molar-refractivity contribution is 5.83. The van der Waals surface area contributed by atoms with Crippen molar-refractivity contribution in [3.8, 4) is 0 Å². The Morgan fingerprint density at radius 2 is 1.65 bits per heavy atom. The minimum atomic E-state index is -0.226. The molecule has 1 rings (SSSR count). The summed E-state index contributed by atoms with van der Waals surface area (Å²) in [4.78, 5) is 15.7. The molecule has 0 aliphatic heterocycles. The van der Waals surface area contributed by atoms with E-state index in [9.17, 15) is 4.79 Å². The van der Waals surface area contributed by atoms with Gasteiger partial charge in [0, 0.05) is 26.8 Å². The molecular weight excluding hydrogens is 214 g/mol. The third-order valence-corrected chi connectivity index (χ3v) is 2.71. The largest absolute Gasteiger partial charge is 0.388 e. The van der Waals surface area contributed by atoms with Gasteiger partial charge in [-0.15, -0.1) is 0 Å². The Hall–Kier alpha value is -1.55. The smallest absolute Gasteiger partial charge is 0.243 e. The standard InChI is InChI=1S/C13H21N3O/c1-14-11-8-6-10(7-9-11)12(15(2)3)13(17)16(4)5/h6-9,12,14H,1-5H3. The predicted molar refractivity (Wildman–Crippen MR) is 71.1 cm³/mol. The lowest BCUT2D eigenvalue weighted by atomic mass is 10.0. The fraction of sp³-hybridized carbons (Fsp3) is 0.462. The van der Waals surface area contributed by atoms with E-state index in [1.807, 2.05) is 50.3 Å². The normalized spacial score (nSPS) is 12.4. The number of anilines is 1. The van der Waals surface area contributed by atoms with Gasteiger partial charge < -0.3 is 10.2 Å². The zero-order chi connectivity index (χ0) is 13.0. The van der Waals surface area contributed by atoms with Crippen molar-refractivity contribution in [1.29, 1.82) is 0 Å². The highest BCUT2D eigenvalue weighted by atomic mass is 16.2. The molecule has 0 spiro atoms. The Labute approximate surface area is 103 Å². The molecule has 0 aliphatic rings. The van der Waals surface area contributed by atoms with Gasteiger partial charge in [-0.05, 0) is 31.8 Å². The van der Waals surface area contributed by atoms with Gasteiger partial charge in [0.2, 0.25) is 5.91 Å². The zero-order valence-electron chi connectivity index (χ0n) is 11.2. The molecule has 1 unspecified atom stereocenters. The summed E-state index contributed by atoms with van der Waals surface area (Å²) in [5.41, 5.74) is 2.05. The van der Waals surface area contributed by atoms with Crippen molar-refractivity contribution in [2.24, 2.45) is 0 Å².